The minimum absolute atomic E-state index is 0.121. The Morgan fingerprint density at radius 2 is 1.94 bits per heavy atom. The van der Waals surface area contributed by atoms with E-state index in [4.69, 9.17) is 16.3 Å². The van der Waals surface area contributed by atoms with Crippen LogP contribution in [0.2, 0.25) is 5.02 Å². The normalized spacial score (nSPS) is 25.3. The van der Waals surface area contributed by atoms with E-state index in [0.717, 1.165) is 0 Å². The van der Waals surface area contributed by atoms with Crippen molar-refractivity contribution in [3.8, 4) is 5.75 Å². The van der Waals surface area contributed by atoms with Crippen LogP contribution in [0.3, 0.4) is 0 Å². The van der Waals surface area contributed by atoms with Gasteiger partial charge in [0.1, 0.15) is 18.2 Å². The molecule has 0 unspecified atom stereocenters. The lowest BCUT2D eigenvalue weighted by atomic mass is 9.78. The number of carbonyl (C=O) groups excluding carboxylic acids is 1. The Morgan fingerprint density at radius 3 is 2.68 bits per heavy atom. The minimum atomic E-state index is -1.48. The molecule has 1 saturated heterocycles. The van der Waals surface area contributed by atoms with Crippen LogP contribution in [0.25, 0.3) is 0 Å². The molecule has 7 nitrogen and oxygen atoms in total. The second kappa shape index (κ2) is 8.38. The zero-order chi connectivity index (χ0) is 24.0. The number of nitrogens with one attached hydrogen (secondary N) is 2. The summed E-state index contributed by atoms with van der Waals surface area (Å²) in [5.41, 5.74) is 0.924. The fourth-order valence-corrected chi connectivity index (χ4v) is 5.43. The number of carbonyl (C=O) groups is 1. The van der Waals surface area contributed by atoms with Gasteiger partial charge in [0.2, 0.25) is 0 Å². The van der Waals surface area contributed by atoms with Gasteiger partial charge in [0, 0.05) is 22.2 Å². The molecule has 2 aliphatic heterocycles. The molecule has 5 rings (SSSR count). The predicted molar refractivity (Wildman–Crippen MR) is 125 cm³/mol. The van der Waals surface area contributed by atoms with Crippen molar-refractivity contribution in [3.05, 3.63) is 104 Å². The summed E-state index contributed by atoms with van der Waals surface area (Å²) in [6.07, 6.45) is 0. The van der Waals surface area contributed by atoms with E-state index in [0.29, 0.717) is 28.1 Å². The van der Waals surface area contributed by atoms with Crippen LogP contribution in [0.1, 0.15) is 29.5 Å². The van der Waals surface area contributed by atoms with Crippen molar-refractivity contribution in [3.63, 3.8) is 0 Å². The summed E-state index contributed by atoms with van der Waals surface area (Å²) >= 11 is 6.47. The summed E-state index contributed by atoms with van der Waals surface area (Å²) in [6, 6.07) is 16.4. The summed E-state index contributed by atoms with van der Waals surface area (Å²) in [5.74, 6) is -1.04. The van der Waals surface area contributed by atoms with Gasteiger partial charge in [-0.05, 0) is 48.4 Å². The van der Waals surface area contributed by atoms with Crippen LogP contribution in [-0.2, 0) is 16.9 Å². The SMILES string of the molecule is C[C@@H]1N[C@]2(C(=O)Nc3ccccc32)[C@@H]([N+](=O)[O-])[C@H]1c1ccc(OCc2cccc(F)c2)c(Cl)c1. The number of hydrogen-bond acceptors (Lipinski definition) is 5. The predicted octanol–water partition coefficient (Wildman–Crippen LogP) is 4.63. The van der Waals surface area contributed by atoms with E-state index in [1.54, 1.807) is 54.6 Å². The quantitative estimate of drug-likeness (QED) is 0.409. The zero-order valence-corrected chi connectivity index (χ0v) is 18.9. The molecule has 0 aromatic heterocycles. The molecule has 3 aromatic rings. The summed E-state index contributed by atoms with van der Waals surface area (Å²) in [7, 11) is 0. The van der Waals surface area contributed by atoms with E-state index in [1.165, 1.54) is 12.1 Å². The third-order valence-corrected chi connectivity index (χ3v) is 6.88. The molecule has 0 aliphatic carbocycles. The molecule has 2 N–H and O–H groups in total. The summed E-state index contributed by atoms with van der Waals surface area (Å²) < 4.78 is 19.2. The van der Waals surface area contributed by atoms with Crippen LogP contribution in [0.4, 0.5) is 10.1 Å². The van der Waals surface area contributed by atoms with Crippen molar-refractivity contribution in [2.45, 2.75) is 37.1 Å². The number of benzene rings is 3. The number of hydrogen-bond donors (Lipinski definition) is 2. The van der Waals surface area contributed by atoms with Crippen LogP contribution in [-0.4, -0.2) is 22.9 Å². The topological polar surface area (TPSA) is 93.5 Å². The average molecular weight is 482 g/mol. The van der Waals surface area contributed by atoms with E-state index in [2.05, 4.69) is 10.6 Å². The first-order chi connectivity index (χ1) is 16.3. The number of rotatable bonds is 5. The second-order valence-electron chi connectivity index (χ2n) is 8.61. The van der Waals surface area contributed by atoms with E-state index in [1.807, 2.05) is 6.92 Å². The number of halogens is 2. The number of anilines is 1. The smallest absolute Gasteiger partial charge is 0.256 e. The van der Waals surface area contributed by atoms with Gasteiger partial charge in [0.15, 0.2) is 5.54 Å². The Hall–Kier alpha value is -3.49. The Bertz CT molecular complexity index is 1300. The largest absolute Gasteiger partial charge is 0.487 e. The lowest BCUT2D eigenvalue weighted by Gasteiger charge is -2.25. The molecule has 0 saturated carbocycles. The van der Waals surface area contributed by atoms with Crippen molar-refractivity contribution < 1.29 is 18.8 Å². The summed E-state index contributed by atoms with van der Waals surface area (Å²) in [4.78, 5) is 25.1. The Kier molecular flexibility index (Phi) is 5.50. The molecule has 1 spiro atoms. The highest BCUT2D eigenvalue weighted by atomic mass is 35.5. The fourth-order valence-electron chi connectivity index (χ4n) is 5.18. The van der Waals surface area contributed by atoms with Gasteiger partial charge in [-0.25, -0.2) is 4.39 Å². The monoisotopic (exact) mass is 481 g/mol. The molecule has 34 heavy (non-hydrogen) atoms. The lowest BCUT2D eigenvalue weighted by molar-refractivity contribution is -0.532. The van der Waals surface area contributed by atoms with Crippen molar-refractivity contribution >= 4 is 23.2 Å². The van der Waals surface area contributed by atoms with Crippen LogP contribution in [0.5, 0.6) is 5.75 Å². The Morgan fingerprint density at radius 1 is 1.15 bits per heavy atom. The standard InChI is InChI=1S/C25H21ClFN3O4/c1-14-22(16-9-10-21(19(26)12-16)34-13-15-5-4-6-17(27)11-15)23(30(32)33)25(29-14)18-7-2-3-8-20(18)28-24(25)31/h2-12,14,22-23,29H,13H2,1H3,(H,28,31)/t14-,22+,23-,25-/m0/s1. The Balaban J connectivity index is 1.47. The number of nitrogens with zero attached hydrogens (tertiary/aromatic N) is 1. The van der Waals surface area contributed by atoms with Crippen LogP contribution in [0.15, 0.2) is 66.7 Å². The van der Waals surface area contributed by atoms with Gasteiger partial charge >= 0.3 is 0 Å². The molecule has 3 aromatic carbocycles. The molecule has 9 heteroatoms. The summed E-state index contributed by atoms with van der Waals surface area (Å²) in [6.45, 7) is 1.95. The first-order valence-corrected chi connectivity index (χ1v) is 11.2. The maximum absolute atomic E-state index is 13.4. The van der Waals surface area contributed by atoms with E-state index < -0.39 is 23.4 Å². The maximum atomic E-state index is 13.4. The van der Waals surface area contributed by atoms with Crippen molar-refractivity contribution in [2.24, 2.45) is 0 Å². The Labute approximate surface area is 200 Å². The van der Waals surface area contributed by atoms with Gasteiger partial charge in [0.05, 0.1) is 10.9 Å². The molecule has 4 atom stereocenters. The van der Waals surface area contributed by atoms with Crippen LogP contribution >= 0.6 is 11.6 Å². The zero-order valence-electron chi connectivity index (χ0n) is 18.1. The van der Waals surface area contributed by atoms with E-state index in [-0.39, 0.29) is 28.4 Å². The van der Waals surface area contributed by atoms with Crippen LogP contribution in [0, 0.1) is 15.9 Å². The fraction of sp³-hybridized carbons (Fsp3) is 0.240. The summed E-state index contributed by atoms with van der Waals surface area (Å²) in [5, 5.41) is 18.7. The third kappa shape index (κ3) is 3.50. The van der Waals surface area contributed by atoms with Crippen molar-refractivity contribution in [2.75, 3.05) is 5.32 Å². The number of nitro groups is 1. The highest BCUT2D eigenvalue weighted by Gasteiger charge is 2.67. The minimum Gasteiger partial charge on any atom is -0.487 e. The first-order valence-electron chi connectivity index (χ1n) is 10.8. The number of para-hydroxylation sites is 1. The lowest BCUT2D eigenvalue weighted by Crippen LogP contribution is -2.54. The van der Waals surface area contributed by atoms with E-state index >= 15 is 0 Å². The second-order valence-corrected chi connectivity index (χ2v) is 9.01. The molecular weight excluding hydrogens is 461 g/mol. The van der Waals surface area contributed by atoms with Gasteiger partial charge in [-0.3, -0.25) is 20.2 Å². The first kappa shape index (κ1) is 22.3. The van der Waals surface area contributed by atoms with Gasteiger partial charge < -0.3 is 10.1 Å². The molecule has 174 valence electrons. The van der Waals surface area contributed by atoms with E-state index in [9.17, 15) is 19.3 Å². The maximum Gasteiger partial charge on any atom is 0.256 e. The van der Waals surface area contributed by atoms with Crippen molar-refractivity contribution in [1.82, 2.24) is 5.32 Å². The number of amides is 1. The highest BCUT2D eigenvalue weighted by molar-refractivity contribution is 6.32. The van der Waals surface area contributed by atoms with Gasteiger partial charge in [-0.1, -0.05) is 48.0 Å². The average Bonchev–Trinajstić information content (AvgIpc) is 3.27. The molecular formula is C25H21ClFN3O4. The molecule has 1 amide bonds. The van der Waals surface area contributed by atoms with Gasteiger partial charge in [-0.15, -0.1) is 0 Å². The third-order valence-electron chi connectivity index (χ3n) is 6.59. The van der Waals surface area contributed by atoms with Crippen LogP contribution < -0.4 is 15.4 Å². The molecule has 0 radical (unpaired) electrons. The molecule has 2 aliphatic rings. The molecule has 0 bridgehead atoms. The number of fused-ring (bicyclic) bond motifs is 2. The molecule has 2 heterocycles. The molecule has 1 fully saturated rings. The van der Waals surface area contributed by atoms with Gasteiger partial charge in [-0.2, -0.15) is 0 Å². The number of ether oxygens (including phenoxy) is 1. The highest BCUT2D eigenvalue weighted by Crippen LogP contribution is 2.50. The van der Waals surface area contributed by atoms with Crippen molar-refractivity contribution in [1.29, 1.82) is 0 Å². The van der Waals surface area contributed by atoms with Gasteiger partial charge in [0.25, 0.3) is 11.9 Å².